The summed E-state index contributed by atoms with van der Waals surface area (Å²) in [5.41, 5.74) is 1.64. The minimum Gasteiger partial charge on any atom is -0.508 e. The lowest BCUT2D eigenvalue weighted by molar-refractivity contribution is 0.100. The molecule has 0 aromatic heterocycles. The highest BCUT2D eigenvalue weighted by atomic mass is 16.5. The third kappa shape index (κ3) is 4.49. The van der Waals surface area contributed by atoms with Gasteiger partial charge in [0.2, 0.25) is 0 Å². The van der Waals surface area contributed by atoms with E-state index in [1.807, 2.05) is 24.0 Å². The number of aromatic hydroxyl groups is 1. The van der Waals surface area contributed by atoms with Crippen LogP contribution in [0.2, 0.25) is 0 Å². The number of rotatable bonds is 8. The van der Waals surface area contributed by atoms with Gasteiger partial charge >= 0.3 is 0 Å². The van der Waals surface area contributed by atoms with Gasteiger partial charge in [-0.2, -0.15) is 5.26 Å². The van der Waals surface area contributed by atoms with E-state index in [0.717, 1.165) is 5.56 Å². The molecule has 0 amide bonds. The van der Waals surface area contributed by atoms with Gasteiger partial charge in [0.05, 0.1) is 19.3 Å². The quantitative estimate of drug-likeness (QED) is 0.786. The van der Waals surface area contributed by atoms with Crippen molar-refractivity contribution in [2.24, 2.45) is 0 Å². The number of nitriles is 1. The van der Waals surface area contributed by atoms with E-state index in [9.17, 15) is 10.4 Å². The van der Waals surface area contributed by atoms with Crippen LogP contribution in [-0.2, 0) is 9.47 Å². The summed E-state index contributed by atoms with van der Waals surface area (Å²) in [5, 5.41) is 19.5. The summed E-state index contributed by atoms with van der Waals surface area (Å²) in [7, 11) is 3.25. The van der Waals surface area contributed by atoms with Crippen molar-refractivity contribution in [3.05, 3.63) is 29.3 Å². The van der Waals surface area contributed by atoms with Gasteiger partial charge in [-0.25, -0.2) is 0 Å². The van der Waals surface area contributed by atoms with Crippen molar-refractivity contribution in [3.8, 4) is 11.8 Å². The summed E-state index contributed by atoms with van der Waals surface area (Å²) in [5.74, 6) is 0.141. The Labute approximate surface area is 120 Å². The second kappa shape index (κ2) is 8.54. The number of aryl methyl sites for hydroxylation is 1. The van der Waals surface area contributed by atoms with E-state index in [1.54, 1.807) is 20.3 Å². The molecule has 0 aliphatic carbocycles. The molecule has 0 aliphatic rings. The highest BCUT2D eigenvalue weighted by Gasteiger charge is 2.22. The van der Waals surface area contributed by atoms with Crippen LogP contribution in [0.15, 0.2) is 18.2 Å². The number of benzene rings is 1. The molecule has 1 aromatic carbocycles. The summed E-state index contributed by atoms with van der Waals surface area (Å²) < 4.78 is 10.2. The molecule has 5 heteroatoms. The molecule has 1 N–H and O–H groups in total. The van der Waals surface area contributed by atoms with Gasteiger partial charge in [-0.15, -0.1) is 0 Å². The Hall–Kier alpha value is -1.61. The van der Waals surface area contributed by atoms with Crippen LogP contribution < -0.4 is 0 Å². The summed E-state index contributed by atoms with van der Waals surface area (Å²) in [6, 6.07) is 7.03. The first-order valence-corrected chi connectivity index (χ1v) is 6.55. The Kier molecular flexibility index (Phi) is 7.02. The lowest BCUT2D eigenvalue weighted by Gasteiger charge is -2.27. The van der Waals surface area contributed by atoms with Gasteiger partial charge in [0.1, 0.15) is 11.8 Å². The van der Waals surface area contributed by atoms with Crippen molar-refractivity contribution in [1.82, 2.24) is 4.90 Å². The van der Waals surface area contributed by atoms with Crippen LogP contribution in [0, 0.1) is 18.3 Å². The van der Waals surface area contributed by atoms with Crippen LogP contribution in [0.3, 0.4) is 0 Å². The molecular weight excluding hydrogens is 256 g/mol. The largest absolute Gasteiger partial charge is 0.508 e. The summed E-state index contributed by atoms with van der Waals surface area (Å²) in [4.78, 5) is 1.95. The van der Waals surface area contributed by atoms with Gasteiger partial charge in [-0.1, -0.05) is 11.6 Å². The molecule has 0 bridgehead atoms. The summed E-state index contributed by atoms with van der Waals surface area (Å²) >= 11 is 0. The zero-order chi connectivity index (χ0) is 15.0. The molecule has 0 spiro atoms. The lowest BCUT2D eigenvalue weighted by Crippen LogP contribution is -2.34. The summed E-state index contributed by atoms with van der Waals surface area (Å²) in [6.07, 6.45) is 0. The number of ether oxygens (including phenoxy) is 2. The van der Waals surface area contributed by atoms with Gasteiger partial charge in [0, 0.05) is 32.9 Å². The van der Waals surface area contributed by atoms with Crippen molar-refractivity contribution in [2.45, 2.75) is 13.0 Å². The van der Waals surface area contributed by atoms with E-state index in [-0.39, 0.29) is 5.75 Å². The van der Waals surface area contributed by atoms with E-state index >= 15 is 0 Å². The molecule has 1 aromatic rings. The predicted molar refractivity (Wildman–Crippen MR) is 76.5 cm³/mol. The monoisotopic (exact) mass is 278 g/mol. The average molecular weight is 278 g/mol. The lowest BCUT2D eigenvalue weighted by atomic mass is 10.0. The Morgan fingerprint density at radius 2 is 1.85 bits per heavy atom. The van der Waals surface area contributed by atoms with Crippen LogP contribution in [0.4, 0.5) is 0 Å². The van der Waals surface area contributed by atoms with Crippen LogP contribution in [0.25, 0.3) is 0 Å². The molecule has 110 valence electrons. The van der Waals surface area contributed by atoms with E-state index in [1.165, 1.54) is 0 Å². The first kappa shape index (κ1) is 16.4. The van der Waals surface area contributed by atoms with Crippen molar-refractivity contribution in [1.29, 1.82) is 5.26 Å². The molecule has 0 aliphatic heterocycles. The van der Waals surface area contributed by atoms with E-state index in [2.05, 4.69) is 6.07 Å². The van der Waals surface area contributed by atoms with E-state index < -0.39 is 6.04 Å². The van der Waals surface area contributed by atoms with Gasteiger partial charge in [0.25, 0.3) is 0 Å². The second-order valence-electron chi connectivity index (χ2n) is 4.62. The van der Waals surface area contributed by atoms with E-state index in [4.69, 9.17) is 9.47 Å². The molecule has 1 rings (SSSR count). The Morgan fingerprint density at radius 1 is 1.25 bits per heavy atom. The smallest absolute Gasteiger partial charge is 0.127 e. The average Bonchev–Trinajstić information content (AvgIpc) is 2.45. The zero-order valence-electron chi connectivity index (χ0n) is 12.3. The molecule has 0 saturated heterocycles. The first-order chi connectivity index (χ1) is 9.63. The highest BCUT2D eigenvalue weighted by Crippen LogP contribution is 2.29. The maximum atomic E-state index is 10.00. The molecular formula is C15H22N2O3. The standard InChI is InChI=1S/C15H22N2O3/c1-12-4-5-15(18)13(10-12)14(11-16)17(6-8-19-2)7-9-20-3/h4-5,10,14,18H,6-9H2,1-3H3. The normalized spacial score (nSPS) is 12.3. The Morgan fingerprint density at radius 3 is 2.35 bits per heavy atom. The molecule has 20 heavy (non-hydrogen) atoms. The number of nitrogens with zero attached hydrogens (tertiary/aromatic N) is 2. The number of phenols is 1. The van der Waals surface area contributed by atoms with Crippen LogP contribution in [-0.4, -0.2) is 50.5 Å². The molecule has 1 unspecified atom stereocenters. The minimum atomic E-state index is -0.514. The maximum absolute atomic E-state index is 10.00. The Balaban J connectivity index is 2.99. The molecule has 0 saturated carbocycles. The zero-order valence-corrected chi connectivity index (χ0v) is 12.3. The van der Waals surface area contributed by atoms with Crippen molar-refractivity contribution >= 4 is 0 Å². The topological polar surface area (TPSA) is 65.7 Å². The van der Waals surface area contributed by atoms with Gasteiger partial charge in [-0.05, 0) is 19.1 Å². The van der Waals surface area contributed by atoms with Crippen LogP contribution in [0.5, 0.6) is 5.75 Å². The van der Waals surface area contributed by atoms with Crippen molar-refractivity contribution in [2.75, 3.05) is 40.5 Å². The van der Waals surface area contributed by atoms with Gasteiger partial charge in [-0.3, -0.25) is 4.90 Å². The second-order valence-corrected chi connectivity index (χ2v) is 4.62. The fourth-order valence-electron chi connectivity index (χ4n) is 2.03. The number of hydrogen-bond acceptors (Lipinski definition) is 5. The number of hydrogen-bond donors (Lipinski definition) is 1. The molecule has 0 fully saturated rings. The van der Waals surface area contributed by atoms with Crippen LogP contribution >= 0.6 is 0 Å². The predicted octanol–water partition coefficient (Wildman–Crippen LogP) is 1.86. The molecule has 5 nitrogen and oxygen atoms in total. The summed E-state index contributed by atoms with van der Waals surface area (Å²) in [6.45, 7) is 4.19. The van der Waals surface area contributed by atoms with Gasteiger partial charge < -0.3 is 14.6 Å². The number of methoxy groups -OCH3 is 2. The number of phenolic OH excluding ortho intramolecular Hbond substituents is 1. The SMILES string of the molecule is COCCN(CCOC)C(C#N)c1cc(C)ccc1O. The highest BCUT2D eigenvalue weighted by molar-refractivity contribution is 5.40. The minimum absolute atomic E-state index is 0.141. The van der Waals surface area contributed by atoms with Crippen molar-refractivity contribution in [3.63, 3.8) is 0 Å². The maximum Gasteiger partial charge on any atom is 0.127 e. The molecule has 0 heterocycles. The van der Waals surface area contributed by atoms with Gasteiger partial charge in [0.15, 0.2) is 0 Å². The fourth-order valence-corrected chi connectivity index (χ4v) is 2.03. The molecule has 1 atom stereocenters. The van der Waals surface area contributed by atoms with E-state index in [0.29, 0.717) is 31.9 Å². The Bertz CT molecular complexity index is 449. The third-order valence-corrected chi connectivity index (χ3v) is 3.13. The molecule has 0 radical (unpaired) electrons. The van der Waals surface area contributed by atoms with Crippen LogP contribution in [0.1, 0.15) is 17.2 Å². The fraction of sp³-hybridized carbons (Fsp3) is 0.533. The third-order valence-electron chi connectivity index (χ3n) is 3.13. The van der Waals surface area contributed by atoms with Crippen molar-refractivity contribution < 1.29 is 14.6 Å². The first-order valence-electron chi connectivity index (χ1n) is 6.55.